The van der Waals surface area contributed by atoms with Crippen LogP contribution in [0.4, 0.5) is 11.4 Å². The second kappa shape index (κ2) is 10.3. The van der Waals surface area contributed by atoms with Crippen molar-refractivity contribution in [2.75, 3.05) is 36.4 Å². The molecular formula is C30H33BrN4O4. The fraction of sp³-hybridized carbons (Fsp3) is 0.433. The number of nitrogens with zero attached hydrogens (tertiary/aromatic N) is 3. The van der Waals surface area contributed by atoms with Gasteiger partial charge in [-0.15, -0.1) is 0 Å². The molecule has 2 amide bonds. The van der Waals surface area contributed by atoms with Crippen molar-refractivity contribution < 1.29 is 14.0 Å². The summed E-state index contributed by atoms with van der Waals surface area (Å²) >= 11 is 3.26. The zero-order valence-electron chi connectivity index (χ0n) is 22.2. The lowest BCUT2D eigenvalue weighted by atomic mass is 9.83. The van der Waals surface area contributed by atoms with Gasteiger partial charge in [-0.2, -0.15) is 0 Å². The average Bonchev–Trinajstić information content (AvgIpc) is 3.34. The third-order valence-corrected chi connectivity index (χ3v) is 8.69. The molecule has 0 saturated carbocycles. The molecule has 0 radical (unpaired) electrons. The molecule has 0 unspecified atom stereocenters. The number of anilines is 2. The summed E-state index contributed by atoms with van der Waals surface area (Å²) in [6.45, 7) is 8.02. The Labute approximate surface area is 236 Å². The van der Waals surface area contributed by atoms with Crippen LogP contribution in [-0.2, 0) is 6.54 Å². The number of hydrogen-bond donors (Lipinski definition) is 1. The van der Waals surface area contributed by atoms with Crippen LogP contribution < -0.4 is 15.8 Å². The molecule has 1 aromatic carbocycles. The number of benzene rings is 1. The zero-order chi connectivity index (χ0) is 27.3. The van der Waals surface area contributed by atoms with Crippen LogP contribution in [0.25, 0.3) is 0 Å². The van der Waals surface area contributed by atoms with Crippen LogP contribution >= 0.6 is 15.9 Å². The summed E-state index contributed by atoms with van der Waals surface area (Å²) in [5.41, 5.74) is 3.13. The number of fused-ring (bicyclic) bond motifs is 4. The van der Waals surface area contributed by atoms with E-state index in [1.807, 2.05) is 33.7 Å². The van der Waals surface area contributed by atoms with Crippen molar-refractivity contribution in [3.05, 3.63) is 80.6 Å². The molecule has 39 heavy (non-hydrogen) atoms. The highest BCUT2D eigenvalue weighted by Gasteiger charge is 2.36. The molecule has 3 aliphatic heterocycles. The number of aromatic nitrogens is 1. The van der Waals surface area contributed by atoms with Crippen molar-refractivity contribution in [1.29, 1.82) is 0 Å². The van der Waals surface area contributed by atoms with E-state index in [-0.39, 0.29) is 29.1 Å². The van der Waals surface area contributed by atoms with E-state index >= 15 is 0 Å². The normalized spacial score (nSPS) is 24.3. The smallest absolute Gasteiger partial charge is 0.291 e. The zero-order valence-corrected chi connectivity index (χ0v) is 23.8. The number of pyridine rings is 1. The Kier molecular flexibility index (Phi) is 6.87. The summed E-state index contributed by atoms with van der Waals surface area (Å²) in [6, 6.07) is 14.4. The van der Waals surface area contributed by atoms with Crippen molar-refractivity contribution in [2.45, 2.75) is 39.2 Å². The standard InChI is InChI=1S/C30H33BrN4O4/c1-18-10-19(2)14-34(13-18)30(38)21-6-7-25(23(12-21)32-29(37)26-8-9-27(31)39-26)33-15-20-11-22(17-33)24-4-3-5-28(36)35(24)16-20/h3-9,12,18-20,22H,10-11,13-17H2,1-2H3,(H,32,37)/t18-,19-,20+,22-/m0/s1. The second-order valence-corrected chi connectivity index (χ2v) is 12.3. The first kappa shape index (κ1) is 25.9. The van der Waals surface area contributed by atoms with E-state index in [4.69, 9.17) is 4.42 Å². The Morgan fingerprint density at radius 1 is 0.949 bits per heavy atom. The molecule has 6 rings (SSSR count). The van der Waals surface area contributed by atoms with Gasteiger partial charge in [-0.25, -0.2) is 0 Å². The Hall–Kier alpha value is -3.33. The summed E-state index contributed by atoms with van der Waals surface area (Å²) in [7, 11) is 0. The molecule has 4 atom stereocenters. The molecule has 2 saturated heterocycles. The summed E-state index contributed by atoms with van der Waals surface area (Å²) in [5, 5.41) is 3.03. The molecule has 2 bridgehead atoms. The number of halogens is 1. The molecule has 1 N–H and O–H groups in total. The maximum atomic E-state index is 13.6. The number of furan rings is 1. The van der Waals surface area contributed by atoms with Crippen molar-refractivity contribution in [3.63, 3.8) is 0 Å². The van der Waals surface area contributed by atoms with Gasteiger partial charge in [-0.1, -0.05) is 19.9 Å². The molecule has 0 aliphatic carbocycles. The SMILES string of the molecule is C[C@H]1C[C@H](C)CN(C(=O)c2ccc(N3C[C@H]4C[C@@H](C3)c3cccc(=O)n3C4)c(NC(=O)c3ccc(Br)o3)c2)C1. The van der Waals surface area contributed by atoms with Crippen LogP contribution in [0.5, 0.6) is 0 Å². The summed E-state index contributed by atoms with van der Waals surface area (Å²) in [5.74, 6) is 1.24. The topological polar surface area (TPSA) is 87.8 Å². The van der Waals surface area contributed by atoms with E-state index in [1.165, 1.54) is 0 Å². The van der Waals surface area contributed by atoms with Gasteiger partial charge < -0.3 is 24.1 Å². The molecule has 3 aliphatic rings. The lowest BCUT2D eigenvalue weighted by molar-refractivity contribution is 0.0623. The van der Waals surface area contributed by atoms with E-state index in [9.17, 15) is 14.4 Å². The predicted octanol–water partition coefficient (Wildman–Crippen LogP) is 5.20. The van der Waals surface area contributed by atoms with Gasteiger partial charge in [0, 0.05) is 56.0 Å². The van der Waals surface area contributed by atoms with Crippen LogP contribution in [0.2, 0.25) is 0 Å². The second-order valence-electron chi connectivity index (χ2n) is 11.5. The van der Waals surface area contributed by atoms with Crippen molar-refractivity contribution in [2.24, 2.45) is 17.8 Å². The number of amides is 2. The van der Waals surface area contributed by atoms with Crippen LogP contribution in [0.3, 0.4) is 0 Å². The number of carbonyl (C=O) groups is 2. The lowest BCUT2D eigenvalue weighted by Gasteiger charge is -2.44. The highest BCUT2D eigenvalue weighted by Crippen LogP contribution is 2.39. The Bertz CT molecular complexity index is 1470. The van der Waals surface area contributed by atoms with E-state index in [0.717, 1.165) is 50.4 Å². The summed E-state index contributed by atoms with van der Waals surface area (Å²) in [4.78, 5) is 43.4. The van der Waals surface area contributed by atoms with E-state index in [0.29, 0.717) is 40.2 Å². The first-order chi connectivity index (χ1) is 18.7. The van der Waals surface area contributed by atoms with Gasteiger partial charge in [0.15, 0.2) is 10.4 Å². The molecule has 3 aromatic rings. The molecule has 2 aromatic heterocycles. The van der Waals surface area contributed by atoms with Gasteiger partial charge in [0.25, 0.3) is 17.4 Å². The number of piperidine rings is 2. The predicted molar refractivity (Wildman–Crippen MR) is 153 cm³/mol. The average molecular weight is 594 g/mol. The van der Waals surface area contributed by atoms with Crippen LogP contribution in [-0.4, -0.2) is 47.5 Å². The largest absolute Gasteiger partial charge is 0.444 e. The highest BCUT2D eigenvalue weighted by molar-refractivity contribution is 9.10. The quantitative estimate of drug-likeness (QED) is 0.450. The van der Waals surface area contributed by atoms with Gasteiger partial charge in [-0.3, -0.25) is 14.4 Å². The summed E-state index contributed by atoms with van der Waals surface area (Å²) < 4.78 is 7.88. The lowest BCUT2D eigenvalue weighted by Crippen LogP contribution is -2.47. The molecule has 2 fully saturated rings. The first-order valence-corrected chi connectivity index (χ1v) is 14.5. The van der Waals surface area contributed by atoms with Crippen molar-refractivity contribution in [1.82, 2.24) is 9.47 Å². The van der Waals surface area contributed by atoms with Gasteiger partial charge >= 0.3 is 0 Å². The van der Waals surface area contributed by atoms with Crippen molar-refractivity contribution in [3.8, 4) is 0 Å². The Morgan fingerprint density at radius 2 is 1.74 bits per heavy atom. The minimum absolute atomic E-state index is 0.0139. The van der Waals surface area contributed by atoms with Gasteiger partial charge in [0.05, 0.1) is 11.4 Å². The molecule has 0 spiro atoms. The van der Waals surface area contributed by atoms with Crippen LogP contribution in [0, 0.1) is 17.8 Å². The van der Waals surface area contributed by atoms with Gasteiger partial charge in [0.2, 0.25) is 0 Å². The van der Waals surface area contributed by atoms with E-state index in [1.54, 1.807) is 24.3 Å². The molecule has 5 heterocycles. The number of hydrogen-bond acceptors (Lipinski definition) is 5. The van der Waals surface area contributed by atoms with Gasteiger partial charge in [-0.05, 0) is 82.9 Å². The number of nitrogens with one attached hydrogen (secondary N) is 1. The molecule has 204 valence electrons. The van der Waals surface area contributed by atoms with Crippen molar-refractivity contribution >= 4 is 39.1 Å². The number of likely N-dealkylation sites (tertiary alicyclic amines) is 1. The fourth-order valence-corrected chi connectivity index (χ4v) is 7.08. The van der Waals surface area contributed by atoms with Gasteiger partial charge in [0.1, 0.15) is 0 Å². The molecule has 8 nitrogen and oxygen atoms in total. The van der Waals surface area contributed by atoms with E-state index < -0.39 is 0 Å². The van der Waals surface area contributed by atoms with E-state index in [2.05, 4.69) is 40.0 Å². The Morgan fingerprint density at radius 3 is 2.49 bits per heavy atom. The highest BCUT2D eigenvalue weighted by atomic mass is 79.9. The minimum Gasteiger partial charge on any atom is -0.444 e. The fourth-order valence-electron chi connectivity index (χ4n) is 6.77. The summed E-state index contributed by atoms with van der Waals surface area (Å²) in [6.07, 6.45) is 2.15. The Balaban J connectivity index is 1.33. The molecular weight excluding hydrogens is 560 g/mol. The van der Waals surface area contributed by atoms with Crippen LogP contribution in [0.15, 0.2) is 62.4 Å². The number of carbonyl (C=O) groups excluding carboxylic acids is 2. The maximum Gasteiger partial charge on any atom is 0.291 e. The monoisotopic (exact) mass is 592 g/mol. The molecule has 9 heteroatoms. The third kappa shape index (κ3) is 5.16. The maximum absolute atomic E-state index is 13.6. The van der Waals surface area contributed by atoms with Crippen LogP contribution in [0.1, 0.15) is 59.2 Å². The third-order valence-electron chi connectivity index (χ3n) is 8.27. The minimum atomic E-state index is -0.374. The number of rotatable bonds is 4. The first-order valence-electron chi connectivity index (χ1n) is 13.7.